The zero-order valence-electron chi connectivity index (χ0n) is 22.3. The standard InChI is InChI=1S/C30H37FN2O5/c1-19-5-4-14-33(21-8-6-20(17-32)7-9-21)38-28(27(37)18-34)30(19,3)16-26(36)23-10-11-25(31)24-15-22(35)12-13-29(23,24)2/h6-9,12-13,15,19,23,25-26,28,34,36H,4-5,10-11,14,16,18H2,1-3H3. The van der Waals surface area contributed by atoms with E-state index in [0.29, 0.717) is 29.8 Å². The maximum Gasteiger partial charge on any atom is 0.190 e. The van der Waals surface area contributed by atoms with E-state index in [9.17, 15) is 24.2 Å². The van der Waals surface area contributed by atoms with Gasteiger partial charge in [0.25, 0.3) is 0 Å². The number of hydrogen-bond acceptors (Lipinski definition) is 7. The third-order valence-corrected chi connectivity index (χ3v) is 9.15. The Kier molecular flexibility index (Phi) is 8.22. The largest absolute Gasteiger partial charge is 0.393 e. The van der Waals surface area contributed by atoms with Gasteiger partial charge in [-0.25, -0.2) is 4.39 Å². The third kappa shape index (κ3) is 5.20. The van der Waals surface area contributed by atoms with Crippen molar-refractivity contribution < 1.29 is 29.0 Å². The molecule has 2 fully saturated rings. The topological polar surface area (TPSA) is 111 Å². The van der Waals surface area contributed by atoms with Gasteiger partial charge in [-0.1, -0.05) is 26.8 Å². The van der Waals surface area contributed by atoms with Gasteiger partial charge < -0.3 is 10.2 Å². The molecule has 0 bridgehead atoms. The van der Waals surface area contributed by atoms with Crippen molar-refractivity contribution in [2.45, 2.75) is 71.3 Å². The number of rotatable bonds is 6. The molecule has 1 heterocycles. The summed E-state index contributed by atoms with van der Waals surface area (Å²) >= 11 is 0. The number of hydroxylamine groups is 1. The fraction of sp³-hybridized carbons (Fsp3) is 0.567. The molecule has 1 saturated heterocycles. The van der Waals surface area contributed by atoms with Gasteiger partial charge in [-0.15, -0.1) is 0 Å². The van der Waals surface area contributed by atoms with E-state index in [4.69, 9.17) is 10.1 Å². The van der Waals surface area contributed by atoms with E-state index in [1.165, 1.54) is 12.2 Å². The zero-order valence-corrected chi connectivity index (χ0v) is 22.3. The van der Waals surface area contributed by atoms with E-state index in [-0.39, 0.29) is 30.5 Å². The quantitative estimate of drug-likeness (QED) is 0.573. The first-order valence-electron chi connectivity index (χ1n) is 13.4. The summed E-state index contributed by atoms with van der Waals surface area (Å²) < 4.78 is 14.9. The van der Waals surface area contributed by atoms with E-state index in [2.05, 4.69) is 6.07 Å². The molecular weight excluding hydrogens is 487 g/mol. The van der Waals surface area contributed by atoms with Crippen LogP contribution in [0.25, 0.3) is 0 Å². The van der Waals surface area contributed by atoms with Crippen LogP contribution >= 0.6 is 0 Å². The highest BCUT2D eigenvalue weighted by atomic mass is 19.1. The Morgan fingerprint density at radius 3 is 2.63 bits per heavy atom. The second-order valence-electron chi connectivity index (χ2n) is 11.5. The molecule has 1 aromatic rings. The van der Waals surface area contributed by atoms with Gasteiger partial charge in [0.05, 0.1) is 23.4 Å². The number of ketones is 2. The summed E-state index contributed by atoms with van der Waals surface area (Å²) in [6.45, 7) is 5.64. The molecule has 1 saturated carbocycles. The van der Waals surface area contributed by atoms with Crippen molar-refractivity contribution in [1.29, 1.82) is 5.26 Å². The Morgan fingerprint density at radius 2 is 1.97 bits per heavy atom. The van der Waals surface area contributed by atoms with Crippen LogP contribution in [0.5, 0.6) is 0 Å². The SMILES string of the molecule is CC1CCCN(c2ccc(C#N)cc2)OC(C(=O)CO)C1(C)CC(O)C1CCC(F)C2=CC(=O)C=CC21C. The number of fused-ring (bicyclic) bond motifs is 1. The molecular formula is C30H37FN2O5. The molecule has 2 aliphatic carbocycles. The van der Waals surface area contributed by atoms with Crippen LogP contribution in [0.4, 0.5) is 10.1 Å². The summed E-state index contributed by atoms with van der Waals surface area (Å²) in [5.41, 5.74) is -0.0438. The van der Waals surface area contributed by atoms with Crippen LogP contribution < -0.4 is 5.06 Å². The van der Waals surface area contributed by atoms with Gasteiger partial charge in [0.1, 0.15) is 12.8 Å². The summed E-state index contributed by atoms with van der Waals surface area (Å²) in [6.07, 6.45) is 3.76. The van der Waals surface area contributed by atoms with E-state index in [0.717, 1.165) is 12.8 Å². The van der Waals surface area contributed by atoms with Crippen molar-refractivity contribution in [3.05, 3.63) is 53.6 Å². The smallest absolute Gasteiger partial charge is 0.190 e. The highest BCUT2D eigenvalue weighted by Crippen LogP contribution is 2.53. The number of halogens is 1. The van der Waals surface area contributed by atoms with Crippen LogP contribution in [-0.4, -0.2) is 53.3 Å². The lowest BCUT2D eigenvalue weighted by molar-refractivity contribution is -0.156. The fourth-order valence-corrected chi connectivity index (χ4v) is 6.58. The first-order chi connectivity index (χ1) is 18.0. The number of nitriles is 1. The lowest BCUT2D eigenvalue weighted by Gasteiger charge is -2.50. The molecule has 7 nitrogen and oxygen atoms in total. The molecule has 0 aromatic heterocycles. The molecule has 4 rings (SSSR count). The van der Waals surface area contributed by atoms with E-state index < -0.39 is 41.6 Å². The number of carbonyl (C=O) groups excluding carboxylic acids is 2. The van der Waals surface area contributed by atoms with E-state index in [1.807, 2.05) is 20.8 Å². The summed E-state index contributed by atoms with van der Waals surface area (Å²) in [5.74, 6) is -1.10. The number of carbonyl (C=O) groups is 2. The number of aliphatic hydroxyl groups is 2. The van der Waals surface area contributed by atoms with E-state index in [1.54, 1.807) is 35.4 Å². The van der Waals surface area contributed by atoms with Gasteiger partial charge in [-0.3, -0.25) is 19.5 Å². The van der Waals surface area contributed by atoms with Crippen molar-refractivity contribution in [1.82, 2.24) is 0 Å². The van der Waals surface area contributed by atoms with Crippen LogP contribution in [0.15, 0.2) is 48.1 Å². The normalized spacial score (nSPS) is 34.4. The maximum absolute atomic E-state index is 14.9. The van der Waals surface area contributed by atoms with Gasteiger partial charge in [0.2, 0.25) is 0 Å². The second-order valence-corrected chi connectivity index (χ2v) is 11.5. The Bertz CT molecular complexity index is 1160. The van der Waals surface area contributed by atoms with Crippen LogP contribution in [0.3, 0.4) is 0 Å². The molecule has 2 N–H and O–H groups in total. The summed E-state index contributed by atoms with van der Waals surface area (Å²) in [7, 11) is 0. The summed E-state index contributed by atoms with van der Waals surface area (Å²) in [4.78, 5) is 31.5. The number of alkyl halides is 1. The van der Waals surface area contributed by atoms with E-state index >= 15 is 0 Å². The minimum absolute atomic E-state index is 0.0235. The van der Waals surface area contributed by atoms with Crippen molar-refractivity contribution in [2.24, 2.45) is 22.7 Å². The average Bonchev–Trinajstić information content (AvgIpc) is 2.90. The molecule has 204 valence electrons. The number of benzene rings is 1. The molecule has 0 radical (unpaired) electrons. The number of aliphatic hydroxyl groups excluding tert-OH is 2. The Balaban J connectivity index is 1.65. The predicted octanol–water partition coefficient (Wildman–Crippen LogP) is 4.23. The van der Waals surface area contributed by atoms with Crippen LogP contribution in [0.1, 0.15) is 58.4 Å². The lowest BCUT2D eigenvalue weighted by Crippen LogP contribution is -2.54. The van der Waals surface area contributed by atoms with Crippen LogP contribution in [-0.2, 0) is 14.4 Å². The first-order valence-corrected chi connectivity index (χ1v) is 13.4. The Labute approximate surface area is 223 Å². The minimum atomic E-state index is -1.23. The van der Waals surface area contributed by atoms with Gasteiger partial charge in [-0.2, -0.15) is 5.26 Å². The van der Waals surface area contributed by atoms with Crippen LogP contribution in [0, 0.1) is 34.0 Å². The summed E-state index contributed by atoms with van der Waals surface area (Å²) in [5, 5.41) is 32.4. The third-order valence-electron chi connectivity index (χ3n) is 9.15. The molecule has 38 heavy (non-hydrogen) atoms. The molecule has 7 unspecified atom stereocenters. The molecule has 7 atom stereocenters. The number of allylic oxidation sites excluding steroid dienone is 4. The van der Waals surface area contributed by atoms with Crippen molar-refractivity contribution in [2.75, 3.05) is 18.2 Å². The molecule has 3 aliphatic rings. The molecule has 0 amide bonds. The summed E-state index contributed by atoms with van der Waals surface area (Å²) in [6, 6.07) is 8.98. The fourth-order valence-electron chi connectivity index (χ4n) is 6.58. The van der Waals surface area contributed by atoms with Gasteiger partial charge >= 0.3 is 0 Å². The highest BCUT2D eigenvalue weighted by molar-refractivity contribution is 6.01. The van der Waals surface area contributed by atoms with Gasteiger partial charge in [-0.05, 0) is 85.9 Å². The number of hydrogen-bond donors (Lipinski definition) is 2. The average molecular weight is 525 g/mol. The molecule has 1 aromatic carbocycles. The molecule has 8 heteroatoms. The van der Waals surface area contributed by atoms with Gasteiger partial charge in [0, 0.05) is 17.4 Å². The minimum Gasteiger partial charge on any atom is -0.393 e. The second kappa shape index (κ2) is 11.1. The van der Waals surface area contributed by atoms with Crippen molar-refractivity contribution >= 4 is 17.3 Å². The Morgan fingerprint density at radius 1 is 1.26 bits per heavy atom. The first kappa shape index (κ1) is 28.2. The predicted molar refractivity (Wildman–Crippen MR) is 141 cm³/mol. The molecule has 1 aliphatic heterocycles. The molecule has 0 spiro atoms. The van der Waals surface area contributed by atoms with Crippen molar-refractivity contribution in [3.63, 3.8) is 0 Å². The van der Waals surface area contributed by atoms with Gasteiger partial charge in [0.15, 0.2) is 17.7 Å². The maximum atomic E-state index is 14.9. The lowest BCUT2D eigenvalue weighted by atomic mass is 9.57. The van der Waals surface area contributed by atoms with Crippen molar-refractivity contribution in [3.8, 4) is 6.07 Å². The van der Waals surface area contributed by atoms with Crippen LogP contribution in [0.2, 0.25) is 0 Å². The zero-order chi connectivity index (χ0) is 27.7. The monoisotopic (exact) mass is 524 g/mol. The number of nitrogens with zero attached hydrogens (tertiary/aromatic N) is 2. The highest BCUT2D eigenvalue weighted by Gasteiger charge is 2.52. The number of anilines is 1. The number of Topliss-reactive ketones (excluding diaryl/α,β-unsaturated/α-hetero) is 1. The Hall–Kier alpha value is -2.86.